The summed E-state index contributed by atoms with van der Waals surface area (Å²) >= 11 is 0. The average molecular weight is 356 g/mol. The summed E-state index contributed by atoms with van der Waals surface area (Å²) < 4.78 is 14.3. The van der Waals surface area contributed by atoms with Gasteiger partial charge >= 0.3 is 0 Å². The maximum atomic E-state index is 14.3. The molecule has 24 heavy (non-hydrogen) atoms. The molecule has 2 amide bonds. The van der Waals surface area contributed by atoms with E-state index in [4.69, 9.17) is 0 Å². The fourth-order valence-corrected chi connectivity index (χ4v) is 3.37. The monoisotopic (exact) mass is 355 g/mol. The minimum absolute atomic E-state index is 0. The number of hydrogen-bond donors (Lipinski definition) is 2. The molecule has 0 saturated carbocycles. The molecule has 0 unspecified atom stereocenters. The van der Waals surface area contributed by atoms with Crippen LogP contribution in [0.4, 0.5) is 10.1 Å². The van der Waals surface area contributed by atoms with Crippen molar-refractivity contribution in [1.82, 2.24) is 10.2 Å². The van der Waals surface area contributed by atoms with Gasteiger partial charge in [-0.25, -0.2) is 4.39 Å². The van der Waals surface area contributed by atoms with Gasteiger partial charge in [-0.2, -0.15) is 0 Å². The third-order valence-corrected chi connectivity index (χ3v) is 4.71. The number of carbonyl (C=O) groups excluding carboxylic acids is 2. The molecule has 1 saturated heterocycles. The number of likely N-dealkylation sites (tertiary alicyclic amines) is 1. The van der Waals surface area contributed by atoms with Gasteiger partial charge in [0.15, 0.2) is 0 Å². The van der Waals surface area contributed by atoms with Crippen LogP contribution in [-0.4, -0.2) is 43.4 Å². The van der Waals surface area contributed by atoms with Gasteiger partial charge in [0.05, 0.1) is 5.56 Å². The summed E-state index contributed by atoms with van der Waals surface area (Å²) in [7, 11) is 1.93. The zero-order chi connectivity index (χ0) is 16.4. The molecule has 0 aromatic heterocycles. The number of nitrogens with zero attached hydrogens (tertiary/aromatic N) is 1. The minimum atomic E-state index is -0.562. The highest BCUT2D eigenvalue weighted by Crippen LogP contribution is 2.27. The fraction of sp³-hybridized carbons (Fsp3) is 0.529. The van der Waals surface area contributed by atoms with Gasteiger partial charge in [0.2, 0.25) is 5.91 Å². The molecule has 132 valence electrons. The van der Waals surface area contributed by atoms with Gasteiger partial charge in [-0.05, 0) is 56.5 Å². The van der Waals surface area contributed by atoms with Gasteiger partial charge < -0.3 is 15.5 Å². The number of anilines is 1. The van der Waals surface area contributed by atoms with E-state index in [0.717, 1.165) is 24.9 Å². The lowest BCUT2D eigenvalue weighted by atomic mass is 9.95. The number of benzene rings is 1. The maximum Gasteiger partial charge on any atom is 0.256 e. The molecule has 2 aliphatic rings. The van der Waals surface area contributed by atoms with Crippen molar-refractivity contribution in [2.24, 2.45) is 5.92 Å². The van der Waals surface area contributed by atoms with Crippen LogP contribution in [0.2, 0.25) is 0 Å². The van der Waals surface area contributed by atoms with Crippen molar-refractivity contribution in [3.63, 3.8) is 0 Å². The smallest absolute Gasteiger partial charge is 0.256 e. The molecule has 7 heteroatoms. The van der Waals surface area contributed by atoms with E-state index in [0.29, 0.717) is 37.5 Å². The van der Waals surface area contributed by atoms with Crippen LogP contribution in [0.25, 0.3) is 0 Å². The Balaban J connectivity index is 0.00000208. The highest BCUT2D eigenvalue weighted by atomic mass is 35.5. The van der Waals surface area contributed by atoms with Crippen molar-refractivity contribution in [2.45, 2.75) is 25.7 Å². The molecule has 0 aliphatic carbocycles. The molecule has 0 atom stereocenters. The Kier molecular flexibility index (Phi) is 6.18. The highest BCUT2D eigenvalue weighted by Gasteiger charge is 2.27. The molecule has 3 rings (SSSR count). The number of amides is 2. The Labute approximate surface area is 147 Å². The second-order valence-corrected chi connectivity index (χ2v) is 6.33. The standard InChI is InChI=1S/C17H22FN3O2.ClH/c1-19-10-11-4-6-21(7-5-11)17(23)13-8-12-2-3-16(22)20-15(12)9-14(13)18;/h8-9,11,19H,2-7,10H2,1H3,(H,20,22);1H. The molecule has 2 heterocycles. The molecule has 1 fully saturated rings. The summed E-state index contributed by atoms with van der Waals surface area (Å²) in [5.41, 5.74) is 1.44. The number of fused-ring (bicyclic) bond motifs is 1. The number of hydrogen-bond acceptors (Lipinski definition) is 3. The number of nitrogens with one attached hydrogen (secondary N) is 2. The fourth-order valence-electron chi connectivity index (χ4n) is 3.37. The Morgan fingerprint density at radius 2 is 2.04 bits per heavy atom. The zero-order valence-corrected chi connectivity index (χ0v) is 14.5. The van der Waals surface area contributed by atoms with Crippen LogP contribution >= 0.6 is 12.4 Å². The third kappa shape index (κ3) is 3.87. The summed E-state index contributed by atoms with van der Waals surface area (Å²) in [6.45, 7) is 2.28. The number of piperidine rings is 1. The molecule has 5 nitrogen and oxygen atoms in total. The van der Waals surface area contributed by atoms with E-state index in [-0.39, 0.29) is 29.8 Å². The van der Waals surface area contributed by atoms with Crippen molar-refractivity contribution in [2.75, 3.05) is 32.0 Å². The predicted octanol–water partition coefficient (Wildman–Crippen LogP) is 2.20. The van der Waals surface area contributed by atoms with Gasteiger partial charge in [0.1, 0.15) is 5.82 Å². The van der Waals surface area contributed by atoms with Crippen molar-refractivity contribution >= 4 is 29.9 Å². The Morgan fingerprint density at radius 3 is 2.71 bits per heavy atom. The van der Waals surface area contributed by atoms with E-state index in [1.165, 1.54) is 6.07 Å². The van der Waals surface area contributed by atoms with E-state index in [1.807, 2.05) is 7.05 Å². The van der Waals surface area contributed by atoms with E-state index >= 15 is 0 Å². The lowest BCUT2D eigenvalue weighted by Crippen LogP contribution is -2.40. The van der Waals surface area contributed by atoms with Crippen LogP contribution in [0, 0.1) is 11.7 Å². The van der Waals surface area contributed by atoms with E-state index in [1.54, 1.807) is 11.0 Å². The number of aryl methyl sites for hydroxylation is 1. The number of halogens is 2. The lowest BCUT2D eigenvalue weighted by Gasteiger charge is -2.32. The van der Waals surface area contributed by atoms with Gasteiger partial charge in [-0.1, -0.05) is 0 Å². The Bertz CT molecular complexity index is 631. The molecular formula is C17H23ClFN3O2. The van der Waals surface area contributed by atoms with Gasteiger partial charge in [0, 0.05) is 25.2 Å². The van der Waals surface area contributed by atoms with Crippen LogP contribution in [-0.2, 0) is 11.2 Å². The number of carbonyl (C=O) groups is 2. The van der Waals surface area contributed by atoms with Crippen molar-refractivity contribution < 1.29 is 14.0 Å². The first-order valence-corrected chi connectivity index (χ1v) is 8.14. The summed E-state index contributed by atoms with van der Waals surface area (Å²) in [5.74, 6) is -0.339. The summed E-state index contributed by atoms with van der Waals surface area (Å²) in [6.07, 6.45) is 2.80. The van der Waals surface area contributed by atoms with Crippen LogP contribution in [0.3, 0.4) is 0 Å². The Hall–Kier alpha value is -1.66. The van der Waals surface area contributed by atoms with Gasteiger partial charge in [0.25, 0.3) is 5.91 Å². The SMILES string of the molecule is CNCC1CCN(C(=O)c2cc3c(cc2F)NC(=O)CC3)CC1.Cl. The van der Waals surface area contributed by atoms with Crippen LogP contribution in [0.1, 0.15) is 35.2 Å². The highest BCUT2D eigenvalue weighted by molar-refractivity contribution is 5.98. The summed E-state index contributed by atoms with van der Waals surface area (Å²) in [5, 5.41) is 5.82. The number of rotatable bonds is 3. The molecule has 1 aromatic carbocycles. The first kappa shape index (κ1) is 18.7. The van der Waals surface area contributed by atoms with Crippen molar-refractivity contribution in [1.29, 1.82) is 0 Å². The average Bonchev–Trinajstić information content (AvgIpc) is 2.54. The van der Waals surface area contributed by atoms with Crippen LogP contribution in [0.5, 0.6) is 0 Å². The van der Waals surface area contributed by atoms with Gasteiger partial charge in [-0.15, -0.1) is 12.4 Å². The van der Waals surface area contributed by atoms with Crippen molar-refractivity contribution in [3.05, 3.63) is 29.1 Å². The van der Waals surface area contributed by atoms with Gasteiger partial charge in [-0.3, -0.25) is 9.59 Å². The molecular weight excluding hydrogens is 333 g/mol. The molecule has 2 aliphatic heterocycles. The Morgan fingerprint density at radius 1 is 1.33 bits per heavy atom. The molecule has 0 spiro atoms. The van der Waals surface area contributed by atoms with E-state index in [2.05, 4.69) is 10.6 Å². The van der Waals surface area contributed by atoms with Crippen LogP contribution < -0.4 is 10.6 Å². The minimum Gasteiger partial charge on any atom is -0.339 e. The molecule has 2 N–H and O–H groups in total. The second kappa shape index (κ2) is 7.94. The third-order valence-electron chi connectivity index (χ3n) is 4.71. The predicted molar refractivity (Wildman–Crippen MR) is 93.2 cm³/mol. The molecule has 0 radical (unpaired) electrons. The van der Waals surface area contributed by atoms with Crippen LogP contribution in [0.15, 0.2) is 12.1 Å². The second-order valence-electron chi connectivity index (χ2n) is 6.33. The largest absolute Gasteiger partial charge is 0.339 e. The summed E-state index contributed by atoms with van der Waals surface area (Å²) in [4.78, 5) is 25.7. The molecule has 1 aromatic rings. The quantitative estimate of drug-likeness (QED) is 0.873. The maximum absolute atomic E-state index is 14.3. The first-order chi connectivity index (χ1) is 11.1. The van der Waals surface area contributed by atoms with E-state index < -0.39 is 5.82 Å². The van der Waals surface area contributed by atoms with E-state index in [9.17, 15) is 14.0 Å². The summed E-state index contributed by atoms with van der Waals surface area (Å²) in [6, 6.07) is 2.87. The normalized spacial score (nSPS) is 17.8. The van der Waals surface area contributed by atoms with Crippen molar-refractivity contribution in [3.8, 4) is 0 Å². The first-order valence-electron chi connectivity index (χ1n) is 8.14. The lowest BCUT2D eigenvalue weighted by molar-refractivity contribution is -0.116. The topological polar surface area (TPSA) is 61.4 Å². The molecule has 0 bridgehead atoms. The zero-order valence-electron chi connectivity index (χ0n) is 13.7.